The molecule has 1 heterocycles. The summed E-state index contributed by atoms with van der Waals surface area (Å²) in [5.74, 6) is 2.14. The smallest absolute Gasteiger partial charge is 0.240 e. The number of ether oxygens (including phenoxy) is 1. The summed E-state index contributed by atoms with van der Waals surface area (Å²) in [5.41, 5.74) is 6.19. The van der Waals surface area contributed by atoms with Gasteiger partial charge >= 0.3 is 0 Å². The van der Waals surface area contributed by atoms with E-state index < -0.39 is 0 Å². The molecular formula is C19H22N6OS. The van der Waals surface area contributed by atoms with E-state index >= 15 is 0 Å². The Bertz CT molecular complexity index is 874. The van der Waals surface area contributed by atoms with Crippen molar-refractivity contribution in [1.29, 1.82) is 0 Å². The monoisotopic (exact) mass is 382 g/mol. The normalized spacial score (nSPS) is 10.9. The summed E-state index contributed by atoms with van der Waals surface area (Å²) in [4.78, 5) is 6.42. The Morgan fingerprint density at radius 1 is 1.15 bits per heavy atom. The van der Waals surface area contributed by atoms with Gasteiger partial charge in [-0.1, -0.05) is 36.0 Å². The molecule has 2 N–H and O–H groups in total. The number of methoxy groups -OCH3 is 1. The highest BCUT2D eigenvalue weighted by Crippen LogP contribution is 2.21. The van der Waals surface area contributed by atoms with E-state index in [-0.39, 0.29) is 0 Å². The molecule has 0 amide bonds. The largest absolute Gasteiger partial charge is 0.497 e. The first-order valence-electron chi connectivity index (χ1n) is 8.38. The lowest BCUT2D eigenvalue weighted by atomic mass is 10.2. The first kappa shape index (κ1) is 18.8. The third kappa shape index (κ3) is 5.49. The molecule has 2 aromatic carbocycles. The summed E-state index contributed by atoms with van der Waals surface area (Å²) in [5, 5.41) is 11.9. The van der Waals surface area contributed by atoms with Gasteiger partial charge in [0.15, 0.2) is 0 Å². The van der Waals surface area contributed by atoms with Crippen LogP contribution in [0.5, 0.6) is 5.75 Å². The predicted octanol–water partition coefficient (Wildman–Crippen LogP) is 3.62. The molecular weight excluding hydrogens is 360 g/mol. The maximum absolute atomic E-state index is 5.16. The molecule has 0 unspecified atom stereocenters. The van der Waals surface area contributed by atoms with Crippen LogP contribution in [0.4, 0.5) is 11.6 Å². The van der Waals surface area contributed by atoms with Crippen molar-refractivity contribution in [3.05, 3.63) is 59.7 Å². The number of hydrogen-bond donors (Lipinski definition) is 2. The van der Waals surface area contributed by atoms with Crippen LogP contribution >= 0.6 is 11.8 Å². The quantitative estimate of drug-likeness (QED) is 0.352. The average Bonchev–Trinajstić information content (AvgIpc) is 3.15. The number of thioether (sulfide) groups is 1. The van der Waals surface area contributed by atoms with E-state index in [0.717, 1.165) is 22.8 Å². The van der Waals surface area contributed by atoms with Crippen molar-refractivity contribution < 1.29 is 4.74 Å². The second kappa shape index (κ2) is 9.09. The minimum atomic E-state index is 0.508. The Balaban J connectivity index is 1.49. The number of anilines is 2. The fourth-order valence-corrected chi connectivity index (χ4v) is 3.01. The van der Waals surface area contributed by atoms with Crippen LogP contribution in [0.2, 0.25) is 0 Å². The van der Waals surface area contributed by atoms with E-state index in [1.807, 2.05) is 62.6 Å². The highest BCUT2D eigenvalue weighted by Gasteiger charge is 2.04. The topological polar surface area (TPSA) is 78.4 Å². The minimum Gasteiger partial charge on any atom is -0.497 e. The molecule has 0 radical (unpaired) electrons. The van der Waals surface area contributed by atoms with E-state index in [0.29, 0.717) is 11.1 Å². The van der Waals surface area contributed by atoms with Crippen LogP contribution in [-0.2, 0) is 5.75 Å². The molecule has 0 saturated carbocycles. The van der Waals surface area contributed by atoms with Gasteiger partial charge in [0.25, 0.3) is 0 Å². The summed E-state index contributed by atoms with van der Waals surface area (Å²) < 4.78 is 5.16. The number of aromatic nitrogens is 3. The molecule has 3 aromatic rings. The van der Waals surface area contributed by atoms with Gasteiger partial charge in [0.2, 0.25) is 11.1 Å². The molecule has 27 heavy (non-hydrogen) atoms. The predicted molar refractivity (Wildman–Crippen MR) is 111 cm³/mol. The van der Waals surface area contributed by atoms with Crippen LogP contribution in [0.1, 0.15) is 11.1 Å². The van der Waals surface area contributed by atoms with E-state index in [4.69, 9.17) is 4.74 Å². The van der Waals surface area contributed by atoms with Gasteiger partial charge in [-0.05, 0) is 35.4 Å². The summed E-state index contributed by atoms with van der Waals surface area (Å²) >= 11 is 1.55. The molecule has 0 bridgehead atoms. The molecule has 0 spiro atoms. The van der Waals surface area contributed by atoms with E-state index in [9.17, 15) is 0 Å². The number of rotatable bonds is 8. The van der Waals surface area contributed by atoms with Gasteiger partial charge in [0.05, 0.1) is 13.3 Å². The zero-order valence-corrected chi connectivity index (χ0v) is 16.3. The zero-order valence-electron chi connectivity index (χ0n) is 15.5. The fourth-order valence-electron chi connectivity index (χ4n) is 2.26. The van der Waals surface area contributed by atoms with Crippen LogP contribution < -0.4 is 15.1 Å². The number of aromatic amines is 1. The molecule has 7 nitrogen and oxygen atoms in total. The Hall–Kier alpha value is -3.00. The van der Waals surface area contributed by atoms with Crippen molar-refractivity contribution in [1.82, 2.24) is 15.2 Å². The molecule has 0 aliphatic carbocycles. The van der Waals surface area contributed by atoms with Crippen LogP contribution in [0.3, 0.4) is 0 Å². The second-order valence-electron chi connectivity index (χ2n) is 5.96. The second-order valence-corrected chi connectivity index (χ2v) is 6.90. The maximum atomic E-state index is 5.16. The van der Waals surface area contributed by atoms with Crippen LogP contribution in [-0.4, -0.2) is 42.6 Å². The lowest BCUT2D eigenvalue weighted by Gasteiger charge is -2.11. The van der Waals surface area contributed by atoms with E-state index in [1.54, 1.807) is 25.1 Å². The summed E-state index contributed by atoms with van der Waals surface area (Å²) in [6.45, 7) is 0. The lowest BCUT2D eigenvalue weighted by Crippen LogP contribution is -2.08. The van der Waals surface area contributed by atoms with E-state index in [1.165, 1.54) is 5.56 Å². The Labute approximate surface area is 162 Å². The molecule has 140 valence electrons. The first-order valence-corrected chi connectivity index (χ1v) is 9.37. The summed E-state index contributed by atoms with van der Waals surface area (Å²) in [6, 6.07) is 16.1. The van der Waals surface area contributed by atoms with Crippen molar-refractivity contribution >= 4 is 29.6 Å². The number of hydrazone groups is 1. The first-order chi connectivity index (χ1) is 13.1. The van der Waals surface area contributed by atoms with Crippen LogP contribution in [0.15, 0.2) is 58.8 Å². The number of nitrogens with one attached hydrogen (secondary N) is 2. The minimum absolute atomic E-state index is 0.508. The van der Waals surface area contributed by atoms with Gasteiger partial charge in [-0.3, -0.25) is 0 Å². The number of H-pyrrole nitrogens is 1. The van der Waals surface area contributed by atoms with Gasteiger partial charge < -0.3 is 9.64 Å². The van der Waals surface area contributed by atoms with Gasteiger partial charge in [-0.2, -0.15) is 10.1 Å². The lowest BCUT2D eigenvalue weighted by molar-refractivity contribution is 0.414. The van der Waals surface area contributed by atoms with Crippen LogP contribution in [0.25, 0.3) is 0 Å². The third-order valence-corrected chi connectivity index (χ3v) is 4.70. The maximum Gasteiger partial charge on any atom is 0.240 e. The third-order valence-electron chi connectivity index (χ3n) is 3.79. The van der Waals surface area contributed by atoms with Crippen molar-refractivity contribution in [3.8, 4) is 5.75 Å². The van der Waals surface area contributed by atoms with Gasteiger partial charge in [-0.25, -0.2) is 10.5 Å². The number of hydrogen-bond acceptors (Lipinski definition) is 7. The molecule has 0 aliphatic rings. The van der Waals surface area contributed by atoms with Gasteiger partial charge in [0.1, 0.15) is 5.75 Å². The fraction of sp³-hybridized carbons (Fsp3) is 0.211. The highest BCUT2D eigenvalue weighted by atomic mass is 32.2. The Kier molecular flexibility index (Phi) is 6.32. The van der Waals surface area contributed by atoms with Gasteiger partial charge in [-0.15, -0.1) is 5.10 Å². The average molecular weight is 382 g/mol. The molecule has 0 atom stereocenters. The molecule has 3 rings (SSSR count). The molecule has 8 heteroatoms. The molecule has 1 aromatic heterocycles. The van der Waals surface area contributed by atoms with Crippen molar-refractivity contribution in [3.63, 3.8) is 0 Å². The standard InChI is InChI=1S/C19H22N6OS/c1-25(2)16-8-4-14(5-9-16)12-20-22-18-21-19(24-23-18)27-13-15-6-10-17(26-3)11-7-15/h4-12H,13H2,1-3H3,(H2,21,22,23,24)/b20-12-. The van der Waals surface area contributed by atoms with Crippen LogP contribution in [0, 0.1) is 0 Å². The van der Waals surface area contributed by atoms with E-state index in [2.05, 4.69) is 30.6 Å². The number of nitrogens with zero attached hydrogens (tertiary/aromatic N) is 4. The summed E-state index contributed by atoms with van der Waals surface area (Å²) in [6.07, 6.45) is 1.74. The highest BCUT2D eigenvalue weighted by molar-refractivity contribution is 7.98. The van der Waals surface area contributed by atoms with Gasteiger partial charge in [0, 0.05) is 25.5 Å². The molecule has 0 saturated heterocycles. The molecule has 0 fully saturated rings. The Morgan fingerprint density at radius 3 is 2.56 bits per heavy atom. The van der Waals surface area contributed by atoms with Crippen molar-refractivity contribution in [2.75, 3.05) is 31.5 Å². The molecule has 0 aliphatic heterocycles. The number of benzene rings is 2. The zero-order chi connectivity index (χ0) is 19.1. The Morgan fingerprint density at radius 2 is 1.89 bits per heavy atom. The van der Waals surface area contributed by atoms with Crippen molar-refractivity contribution in [2.24, 2.45) is 5.10 Å². The van der Waals surface area contributed by atoms with Crippen molar-refractivity contribution in [2.45, 2.75) is 10.9 Å². The SMILES string of the molecule is COc1ccc(CSc2n[nH]c(N/N=C\c3ccc(N(C)C)cc3)n2)cc1. The summed E-state index contributed by atoms with van der Waals surface area (Å²) in [7, 11) is 5.69.